The van der Waals surface area contributed by atoms with Crippen LogP contribution in [0.3, 0.4) is 0 Å². The number of hydrogen-bond donors (Lipinski definition) is 2. The molecule has 4 saturated carbocycles. The summed E-state index contributed by atoms with van der Waals surface area (Å²) in [5.41, 5.74) is -3.19. The second-order valence-corrected chi connectivity index (χ2v) is 13.2. The number of fused-ring (bicyclic) bond motifs is 5. The topological polar surface area (TPSA) is 119 Å². The van der Waals surface area contributed by atoms with Crippen molar-refractivity contribution in [3.8, 4) is 0 Å². The van der Waals surface area contributed by atoms with Crippen LogP contribution in [0.25, 0.3) is 0 Å². The molecule has 36 heavy (non-hydrogen) atoms. The molecule has 204 valence electrons. The lowest BCUT2D eigenvalue weighted by molar-refractivity contribution is -0.252. The number of aliphatic hydroxyl groups is 2. The van der Waals surface area contributed by atoms with Gasteiger partial charge in [0.25, 0.3) is 0 Å². The summed E-state index contributed by atoms with van der Waals surface area (Å²) in [5, 5.41) is 23.7. The van der Waals surface area contributed by atoms with E-state index in [9.17, 15) is 24.6 Å². The van der Waals surface area contributed by atoms with Crippen molar-refractivity contribution in [2.45, 2.75) is 117 Å². The van der Waals surface area contributed by atoms with E-state index in [0.717, 1.165) is 19.3 Å². The van der Waals surface area contributed by atoms with Gasteiger partial charge in [-0.15, -0.1) is 0 Å². The van der Waals surface area contributed by atoms with Gasteiger partial charge in [-0.2, -0.15) is 0 Å². The monoisotopic (exact) mass is 508 g/mol. The molecule has 4 fully saturated rings. The Morgan fingerprint density at radius 2 is 1.61 bits per heavy atom. The van der Waals surface area contributed by atoms with Gasteiger partial charge in [0.2, 0.25) is 0 Å². The van der Waals surface area contributed by atoms with E-state index in [4.69, 9.17) is 14.2 Å². The van der Waals surface area contributed by atoms with Crippen molar-refractivity contribution in [1.29, 1.82) is 0 Å². The molecule has 4 rings (SSSR count). The maximum atomic E-state index is 12.8. The zero-order valence-corrected chi connectivity index (χ0v) is 22.7. The van der Waals surface area contributed by atoms with Crippen LogP contribution in [0.1, 0.15) is 92.9 Å². The molecular weight excluding hydrogens is 464 g/mol. The van der Waals surface area contributed by atoms with E-state index in [1.54, 1.807) is 20.8 Å². The maximum Gasteiger partial charge on any atom is 0.311 e. The summed E-state index contributed by atoms with van der Waals surface area (Å²) >= 11 is 0. The molecule has 0 saturated heterocycles. The Bertz CT molecular complexity index is 894. The molecule has 0 bridgehead atoms. The third-order valence-electron chi connectivity index (χ3n) is 10.2. The second-order valence-electron chi connectivity index (χ2n) is 13.2. The van der Waals surface area contributed by atoms with Crippen molar-refractivity contribution in [2.75, 3.05) is 6.61 Å². The molecule has 9 atom stereocenters. The number of esters is 3. The van der Waals surface area contributed by atoms with Gasteiger partial charge in [-0.05, 0) is 83.5 Å². The lowest BCUT2D eigenvalue weighted by Crippen LogP contribution is -2.67. The molecule has 4 unspecified atom stereocenters. The normalized spacial score (nSPS) is 44.0. The number of carbonyl (C=O) groups is 3. The van der Waals surface area contributed by atoms with Crippen LogP contribution in [0, 0.1) is 34.0 Å². The summed E-state index contributed by atoms with van der Waals surface area (Å²) in [4.78, 5) is 36.2. The molecule has 0 aromatic heterocycles. The number of aliphatic hydroxyl groups excluding tert-OH is 1. The summed E-state index contributed by atoms with van der Waals surface area (Å²) in [6, 6.07) is 0. The zero-order chi connectivity index (χ0) is 26.7. The Balaban J connectivity index is 1.65. The van der Waals surface area contributed by atoms with E-state index >= 15 is 0 Å². The van der Waals surface area contributed by atoms with Crippen molar-refractivity contribution in [1.82, 2.24) is 0 Å². The van der Waals surface area contributed by atoms with Gasteiger partial charge in [-0.25, -0.2) is 0 Å². The van der Waals surface area contributed by atoms with Crippen molar-refractivity contribution in [3.05, 3.63) is 0 Å². The predicted octanol–water partition coefficient (Wildman–Crippen LogP) is 3.55. The Morgan fingerprint density at radius 3 is 2.22 bits per heavy atom. The molecule has 2 N–H and O–H groups in total. The average molecular weight is 509 g/mol. The quantitative estimate of drug-likeness (QED) is 0.437. The summed E-state index contributed by atoms with van der Waals surface area (Å²) in [6.07, 6.45) is 3.53. The lowest BCUT2D eigenvalue weighted by atomic mass is 9.43. The van der Waals surface area contributed by atoms with Crippen LogP contribution in [0.5, 0.6) is 0 Å². The first-order chi connectivity index (χ1) is 16.6. The third-order valence-corrected chi connectivity index (χ3v) is 10.2. The predicted molar refractivity (Wildman–Crippen MR) is 130 cm³/mol. The SMILES string of the molecule is CC(=O)OC[C@]12CCC(OC(C)=O)CC1CC[C@@H]1[C@H]2CC[C@]2(C)C(OC(=O)C(C)(C)C)CC(O)[C@@]12O. The van der Waals surface area contributed by atoms with Crippen molar-refractivity contribution in [3.63, 3.8) is 0 Å². The van der Waals surface area contributed by atoms with Crippen LogP contribution in [-0.2, 0) is 28.6 Å². The molecule has 0 spiro atoms. The van der Waals surface area contributed by atoms with Crippen LogP contribution >= 0.6 is 0 Å². The van der Waals surface area contributed by atoms with Crippen LogP contribution in [0.15, 0.2) is 0 Å². The van der Waals surface area contributed by atoms with E-state index in [2.05, 4.69) is 0 Å². The highest BCUT2D eigenvalue weighted by Crippen LogP contribution is 2.68. The van der Waals surface area contributed by atoms with E-state index in [1.807, 2.05) is 6.92 Å². The Morgan fingerprint density at radius 1 is 0.917 bits per heavy atom. The fraction of sp³-hybridized carbons (Fsp3) is 0.893. The smallest absolute Gasteiger partial charge is 0.311 e. The minimum Gasteiger partial charge on any atom is -0.465 e. The molecule has 0 amide bonds. The number of hydrogen-bond acceptors (Lipinski definition) is 8. The molecule has 0 aromatic carbocycles. The Hall–Kier alpha value is -1.67. The number of ether oxygens (including phenoxy) is 3. The molecule has 0 heterocycles. The first-order valence-electron chi connectivity index (χ1n) is 13.6. The van der Waals surface area contributed by atoms with E-state index in [-0.39, 0.29) is 60.2 Å². The summed E-state index contributed by atoms with van der Waals surface area (Å²) in [7, 11) is 0. The van der Waals surface area contributed by atoms with Crippen LogP contribution in [-0.4, -0.2) is 58.6 Å². The molecule has 4 aliphatic carbocycles. The van der Waals surface area contributed by atoms with Gasteiger partial charge < -0.3 is 24.4 Å². The van der Waals surface area contributed by atoms with Crippen molar-refractivity contribution in [2.24, 2.45) is 34.0 Å². The highest BCUT2D eigenvalue weighted by atomic mass is 16.6. The fourth-order valence-electron chi connectivity index (χ4n) is 8.32. The fourth-order valence-corrected chi connectivity index (χ4v) is 8.32. The highest BCUT2D eigenvalue weighted by molar-refractivity contribution is 5.75. The summed E-state index contributed by atoms with van der Waals surface area (Å²) in [5.74, 6) is -0.917. The molecule has 0 aliphatic heterocycles. The largest absolute Gasteiger partial charge is 0.465 e. The van der Waals surface area contributed by atoms with Gasteiger partial charge in [-0.3, -0.25) is 14.4 Å². The van der Waals surface area contributed by atoms with Gasteiger partial charge in [0.05, 0.1) is 18.1 Å². The Kier molecular flexibility index (Phi) is 7.04. The second kappa shape index (κ2) is 9.26. The van der Waals surface area contributed by atoms with Crippen LogP contribution in [0.2, 0.25) is 0 Å². The van der Waals surface area contributed by atoms with E-state index < -0.39 is 28.6 Å². The molecular formula is C28H44O8. The average Bonchev–Trinajstić information content (AvgIpc) is 2.97. The van der Waals surface area contributed by atoms with Crippen molar-refractivity contribution >= 4 is 17.9 Å². The Labute approximate surface area is 214 Å². The van der Waals surface area contributed by atoms with Gasteiger partial charge in [0.1, 0.15) is 17.8 Å². The van der Waals surface area contributed by atoms with Gasteiger partial charge in [0.15, 0.2) is 0 Å². The third kappa shape index (κ3) is 4.26. The molecule has 8 nitrogen and oxygen atoms in total. The minimum absolute atomic E-state index is 0.0404. The van der Waals surface area contributed by atoms with Crippen molar-refractivity contribution < 1.29 is 38.8 Å². The maximum absolute atomic E-state index is 12.8. The molecule has 4 aliphatic rings. The molecule has 0 radical (unpaired) electrons. The van der Waals surface area contributed by atoms with E-state index in [1.165, 1.54) is 13.8 Å². The standard InChI is InChI=1S/C28H44O8/c1-16(29)34-15-27-12-9-19(35-17(2)30)13-18(27)7-8-21-20(27)10-11-26(6)23(14-22(31)28(21,26)33)36-24(32)25(3,4)5/h18-23,31,33H,7-15H2,1-6H3/t18?,19?,20-,21-,22?,23?,26-,27-,28+/m1/s1. The van der Waals surface area contributed by atoms with Crippen LogP contribution < -0.4 is 0 Å². The first kappa shape index (κ1) is 27.4. The molecule has 0 aromatic rings. The summed E-state index contributed by atoms with van der Waals surface area (Å²) < 4.78 is 17.2. The number of rotatable bonds is 4. The van der Waals surface area contributed by atoms with Gasteiger partial charge in [-0.1, -0.05) is 6.92 Å². The zero-order valence-electron chi connectivity index (χ0n) is 22.7. The molecule has 8 heteroatoms. The van der Waals surface area contributed by atoms with Gasteiger partial charge >= 0.3 is 17.9 Å². The lowest BCUT2D eigenvalue weighted by Gasteiger charge is -2.64. The number of carbonyl (C=O) groups excluding carboxylic acids is 3. The van der Waals surface area contributed by atoms with E-state index in [0.29, 0.717) is 25.7 Å². The highest BCUT2D eigenvalue weighted by Gasteiger charge is 2.72. The van der Waals surface area contributed by atoms with Crippen LogP contribution in [0.4, 0.5) is 0 Å². The first-order valence-corrected chi connectivity index (χ1v) is 13.6. The minimum atomic E-state index is -1.40. The summed E-state index contributed by atoms with van der Waals surface area (Å²) in [6.45, 7) is 10.5. The van der Waals surface area contributed by atoms with Gasteiger partial charge in [0, 0.05) is 31.1 Å².